The van der Waals surface area contributed by atoms with Gasteiger partial charge in [-0.15, -0.1) is 0 Å². The molecule has 0 bridgehead atoms. The summed E-state index contributed by atoms with van der Waals surface area (Å²) in [5.74, 6) is 0.554. The maximum absolute atomic E-state index is 13.6. The minimum atomic E-state index is -0.195. The van der Waals surface area contributed by atoms with E-state index >= 15 is 0 Å². The number of hydrogen-bond donors (Lipinski definition) is 1. The van der Waals surface area contributed by atoms with Crippen LogP contribution in [-0.2, 0) is 4.74 Å². The predicted molar refractivity (Wildman–Crippen MR) is 63.8 cm³/mol. The molecule has 17 heavy (non-hydrogen) atoms. The highest BCUT2D eigenvalue weighted by molar-refractivity contribution is 5.40. The Labute approximate surface area is 101 Å². The Kier molecular flexibility index (Phi) is 3.64. The summed E-state index contributed by atoms with van der Waals surface area (Å²) in [5, 5.41) is 3.10. The van der Waals surface area contributed by atoms with E-state index in [1.54, 1.807) is 19.1 Å². The molecule has 1 unspecified atom stereocenters. The average molecular weight is 239 g/mol. The predicted octanol–water partition coefficient (Wildman–Crippen LogP) is 2.19. The van der Waals surface area contributed by atoms with Crippen molar-refractivity contribution in [3.8, 4) is 5.75 Å². The third kappa shape index (κ3) is 2.58. The van der Waals surface area contributed by atoms with E-state index in [1.807, 2.05) is 14.0 Å². The third-order valence-corrected chi connectivity index (χ3v) is 3.09. The minimum Gasteiger partial charge on any atom is -0.485 e. The van der Waals surface area contributed by atoms with E-state index in [-0.39, 0.29) is 18.0 Å². The van der Waals surface area contributed by atoms with E-state index in [4.69, 9.17) is 9.47 Å². The summed E-state index contributed by atoms with van der Waals surface area (Å²) in [7, 11) is 1.85. The highest BCUT2D eigenvalue weighted by atomic mass is 19.1. The third-order valence-electron chi connectivity index (χ3n) is 3.09. The van der Waals surface area contributed by atoms with Crippen LogP contribution in [0.5, 0.6) is 5.75 Å². The molecule has 1 aliphatic heterocycles. The van der Waals surface area contributed by atoms with Crippen molar-refractivity contribution in [3.05, 3.63) is 29.1 Å². The van der Waals surface area contributed by atoms with Crippen LogP contribution in [0.2, 0.25) is 0 Å². The molecule has 0 aliphatic carbocycles. The van der Waals surface area contributed by atoms with Gasteiger partial charge in [0.2, 0.25) is 0 Å². The number of benzene rings is 1. The number of nitrogens with one attached hydrogen (secondary N) is 1. The molecule has 0 saturated carbocycles. The fourth-order valence-corrected chi connectivity index (χ4v) is 1.73. The molecule has 0 radical (unpaired) electrons. The topological polar surface area (TPSA) is 30.5 Å². The first-order valence-corrected chi connectivity index (χ1v) is 5.83. The summed E-state index contributed by atoms with van der Waals surface area (Å²) in [6.07, 6.45) is 0.0997. The van der Waals surface area contributed by atoms with Gasteiger partial charge in [-0.25, -0.2) is 4.39 Å². The molecule has 1 aliphatic rings. The molecule has 1 aromatic rings. The Morgan fingerprint density at radius 3 is 2.71 bits per heavy atom. The van der Waals surface area contributed by atoms with Crippen LogP contribution in [0.15, 0.2) is 12.1 Å². The molecular weight excluding hydrogens is 221 g/mol. The molecular formula is C13H18FNO2. The molecule has 1 atom stereocenters. The highest BCUT2D eigenvalue weighted by Gasteiger charge is 2.23. The van der Waals surface area contributed by atoms with Gasteiger partial charge in [0.1, 0.15) is 17.7 Å². The van der Waals surface area contributed by atoms with Crippen molar-refractivity contribution in [1.82, 2.24) is 5.32 Å². The normalized spacial score (nSPS) is 17.6. The fraction of sp³-hybridized carbons (Fsp3) is 0.538. The molecule has 0 aromatic heterocycles. The first-order chi connectivity index (χ1) is 8.11. The van der Waals surface area contributed by atoms with Crippen LogP contribution in [0, 0.1) is 12.7 Å². The van der Waals surface area contributed by atoms with Crippen molar-refractivity contribution in [2.75, 3.05) is 20.3 Å². The smallest absolute Gasteiger partial charge is 0.145 e. The van der Waals surface area contributed by atoms with Crippen LogP contribution >= 0.6 is 0 Å². The van der Waals surface area contributed by atoms with Gasteiger partial charge in [0, 0.05) is 11.6 Å². The fourth-order valence-electron chi connectivity index (χ4n) is 1.73. The van der Waals surface area contributed by atoms with Gasteiger partial charge in [-0.1, -0.05) is 0 Å². The molecule has 4 heteroatoms. The maximum atomic E-state index is 13.6. The second kappa shape index (κ2) is 5.02. The van der Waals surface area contributed by atoms with Gasteiger partial charge in [0.05, 0.1) is 13.2 Å². The zero-order valence-corrected chi connectivity index (χ0v) is 10.4. The lowest BCUT2D eigenvalue weighted by Gasteiger charge is -2.29. The number of hydrogen-bond acceptors (Lipinski definition) is 3. The molecule has 1 aromatic carbocycles. The largest absolute Gasteiger partial charge is 0.485 e. The standard InChI is InChI=1S/C13H18FNO2/c1-8-4-13(17-10-6-16-7-10)11(5-12(8)14)9(2)15-3/h4-5,9-10,15H,6-7H2,1-3H3. The summed E-state index contributed by atoms with van der Waals surface area (Å²) in [6, 6.07) is 3.36. The van der Waals surface area contributed by atoms with Crippen molar-refractivity contribution in [2.24, 2.45) is 0 Å². The lowest BCUT2D eigenvalue weighted by molar-refractivity contribution is -0.0801. The van der Waals surface area contributed by atoms with Gasteiger partial charge in [-0.2, -0.15) is 0 Å². The van der Waals surface area contributed by atoms with Crippen molar-refractivity contribution in [1.29, 1.82) is 0 Å². The lowest BCUT2D eigenvalue weighted by Crippen LogP contribution is -2.39. The summed E-state index contributed by atoms with van der Waals surface area (Å²) < 4.78 is 24.5. The SMILES string of the molecule is CNC(C)c1cc(F)c(C)cc1OC1COC1. The van der Waals surface area contributed by atoms with Gasteiger partial charge in [-0.05, 0) is 38.6 Å². The Bertz CT molecular complexity index is 405. The van der Waals surface area contributed by atoms with Gasteiger partial charge in [0.15, 0.2) is 0 Å². The van der Waals surface area contributed by atoms with E-state index in [2.05, 4.69) is 5.32 Å². The van der Waals surface area contributed by atoms with Crippen LogP contribution in [0.25, 0.3) is 0 Å². The van der Waals surface area contributed by atoms with Gasteiger partial charge in [0.25, 0.3) is 0 Å². The van der Waals surface area contributed by atoms with Crippen molar-refractivity contribution < 1.29 is 13.9 Å². The number of halogens is 1. The molecule has 0 amide bonds. The summed E-state index contributed by atoms with van der Waals surface area (Å²) in [4.78, 5) is 0. The second-order valence-electron chi connectivity index (χ2n) is 4.43. The Morgan fingerprint density at radius 2 is 2.18 bits per heavy atom. The van der Waals surface area contributed by atoms with E-state index in [0.717, 1.165) is 11.3 Å². The van der Waals surface area contributed by atoms with Crippen molar-refractivity contribution >= 4 is 0 Å². The van der Waals surface area contributed by atoms with Gasteiger partial charge >= 0.3 is 0 Å². The van der Waals surface area contributed by atoms with Crippen LogP contribution < -0.4 is 10.1 Å². The van der Waals surface area contributed by atoms with Crippen LogP contribution in [0.4, 0.5) is 4.39 Å². The zero-order valence-electron chi connectivity index (χ0n) is 10.4. The van der Waals surface area contributed by atoms with E-state index < -0.39 is 0 Å². The van der Waals surface area contributed by atoms with Crippen LogP contribution in [-0.4, -0.2) is 26.4 Å². The van der Waals surface area contributed by atoms with Crippen LogP contribution in [0.3, 0.4) is 0 Å². The maximum Gasteiger partial charge on any atom is 0.145 e. The lowest BCUT2D eigenvalue weighted by atomic mass is 10.0. The summed E-state index contributed by atoms with van der Waals surface area (Å²) in [5.41, 5.74) is 1.45. The molecule has 1 saturated heterocycles. The second-order valence-corrected chi connectivity index (χ2v) is 4.43. The molecule has 1 fully saturated rings. The van der Waals surface area contributed by atoms with Crippen molar-refractivity contribution in [3.63, 3.8) is 0 Å². The van der Waals surface area contributed by atoms with E-state index in [0.29, 0.717) is 18.8 Å². The van der Waals surface area contributed by atoms with Gasteiger partial charge in [-0.3, -0.25) is 0 Å². The number of rotatable bonds is 4. The quantitative estimate of drug-likeness (QED) is 0.873. The first-order valence-electron chi connectivity index (χ1n) is 5.83. The average Bonchev–Trinajstić information content (AvgIpc) is 2.26. The molecule has 94 valence electrons. The monoisotopic (exact) mass is 239 g/mol. The Balaban J connectivity index is 2.28. The van der Waals surface area contributed by atoms with E-state index in [1.165, 1.54) is 0 Å². The van der Waals surface area contributed by atoms with E-state index in [9.17, 15) is 4.39 Å². The number of ether oxygens (including phenoxy) is 2. The Hall–Kier alpha value is -1.13. The molecule has 2 rings (SSSR count). The molecule has 3 nitrogen and oxygen atoms in total. The summed E-state index contributed by atoms with van der Waals surface area (Å²) in [6.45, 7) is 4.95. The van der Waals surface area contributed by atoms with Crippen molar-refractivity contribution in [2.45, 2.75) is 26.0 Å². The molecule has 0 spiro atoms. The molecule has 1 heterocycles. The highest BCUT2D eigenvalue weighted by Crippen LogP contribution is 2.29. The Morgan fingerprint density at radius 1 is 1.47 bits per heavy atom. The number of aryl methyl sites for hydroxylation is 1. The van der Waals surface area contributed by atoms with Crippen LogP contribution in [0.1, 0.15) is 24.1 Å². The summed E-state index contributed by atoms with van der Waals surface area (Å²) >= 11 is 0. The first kappa shape index (κ1) is 12.3. The zero-order chi connectivity index (χ0) is 12.4. The van der Waals surface area contributed by atoms with Gasteiger partial charge < -0.3 is 14.8 Å². The minimum absolute atomic E-state index is 0.0566. The molecule has 1 N–H and O–H groups in total.